The van der Waals surface area contributed by atoms with Crippen molar-refractivity contribution in [3.05, 3.63) is 52.2 Å². The molecule has 2 heterocycles. The lowest BCUT2D eigenvalue weighted by molar-refractivity contribution is -0.402. The fourth-order valence-electron chi connectivity index (χ4n) is 1.13. The zero-order chi connectivity index (χ0) is 13.0. The third-order valence-electron chi connectivity index (χ3n) is 1.90. The van der Waals surface area contributed by atoms with Gasteiger partial charge in [-0.05, 0) is 18.2 Å². The molecule has 92 valence electrons. The molecular weight excluding hydrogens is 242 g/mol. The number of rotatable bonds is 4. The summed E-state index contributed by atoms with van der Waals surface area (Å²) in [5, 5.41) is 13.9. The van der Waals surface area contributed by atoms with Crippen LogP contribution < -0.4 is 5.43 Å². The second-order valence-electron chi connectivity index (χ2n) is 3.11. The number of nitro groups is 1. The van der Waals surface area contributed by atoms with Crippen LogP contribution in [0.15, 0.2) is 44.5 Å². The van der Waals surface area contributed by atoms with E-state index in [0.717, 1.165) is 6.21 Å². The molecule has 0 saturated carbocycles. The lowest BCUT2D eigenvalue weighted by atomic mass is 10.4. The molecule has 0 fully saturated rings. The largest absolute Gasteiger partial charge is 0.459 e. The van der Waals surface area contributed by atoms with Gasteiger partial charge in [0.1, 0.15) is 4.92 Å². The van der Waals surface area contributed by atoms with E-state index in [0.29, 0.717) is 0 Å². The summed E-state index contributed by atoms with van der Waals surface area (Å²) in [6.07, 6.45) is 2.50. The maximum absolute atomic E-state index is 11.4. The van der Waals surface area contributed by atoms with Crippen molar-refractivity contribution in [3.63, 3.8) is 0 Å². The van der Waals surface area contributed by atoms with Crippen LogP contribution in [0.2, 0.25) is 0 Å². The van der Waals surface area contributed by atoms with Gasteiger partial charge < -0.3 is 8.83 Å². The third-order valence-corrected chi connectivity index (χ3v) is 1.90. The molecule has 0 radical (unpaired) electrons. The third kappa shape index (κ3) is 2.61. The number of hydrogen-bond donors (Lipinski definition) is 1. The standard InChI is InChI=1S/C10H7N3O5/c14-10(8-2-1-5-17-8)12-11-6-7-3-4-9(18-7)13(15)16/h1-6H,(H,12,14)/b11-6+. The quantitative estimate of drug-likeness (QED) is 0.502. The van der Waals surface area contributed by atoms with Crippen LogP contribution in [0.4, 0.5) is 5.88 Å². The van der Waals surface area contributed by atoms with Gasteiger partial charge in [0.15, 0.2) is 11.5 Å². The number of carbonyl (C=O) groups is 1. The van der Waals surface area contributed by atoms with Gasteiger partial charge in [0.2, 0.25) is 0 Å². The minimum Gasteiger partial charge on any atom is -0.459 e. The second kappa shape index (κ2) is 4.95. The lowest BCUT2D eigenvalue weighted by Gasteiger charge is -1.93. The van der Waals surface area contributed by atoms with Gasteiger partial charge >= 0.3 is 11.8 Å². The highest BCUT2D eigenvalue weighted by Crippen LogP contribution is 2.13. The Morgan fingerprint density at radius 2 is 2.28 bits per heavy atom. The van der Waals surface area contributed by atoms with E-state index in [1.807, 2.05) is 0 Å². The fraction of sp³-hybridized carbons (Fsp3) is 0. The maximum Gasteiger partial charge on any atom is 0.433 e. The Morgan fingerprint density at radius 3 is 2.89 bits per heavy atom. The molecule has 1 amide bonds. The molecule has 0 saturated heterocycles. The molecule has 2 aromatic rings. The smallest absolute Gasteiger partial charge is 0.433 e. The van der Waals surface area contributed by atoms with E-state index in [1.54, 1.807) is 6.07 Å². The summed E-state index contributed by atoms with van der Waals surface area (Å²) < 4.78 is 9.63. The van der Waals surface area contributed by atoms with Crippen LogP contribution in [0.3, 0.4) is 0 Å². The molecule has 0 aromatic carbocycles. The highest BCUT2D eigenvalue weighted by atomic mass is 16.6. The van der Waals surface area contributed by atoms with Gasteiger partial charge in [-0.2, -0.15) is 5.10 Å². The predicted molar refractivity (Wildman–Crippen MR) is 59.1 cm³/mol. The Bertz CT molecular complexity index is 584. The summed E-state index contributed by atoms with van der Waals surface area (Å²) in [5.74, 6) is -0.662. The number of hydrogen-bond acceptors (Lipinski definition) is 6. The molecule has 0 aliphatic rings. The summed E-state index contributed by atoms with van der Waals surface area (Å²) in [5.41, 5.74) is 2.18. The van der Waals surface area contributed by atoms with Crippen LogP contribution in [0.5, 0.6) is 0 Å². The van der Waals surface area contributed by atoms with Gasteiger partial charge in [-0.3, -0.25) is 14.9 Å². The molecule has 8 heteroatoms. The molecule has 0 bridgehead atoms. The molecule has 2 aromatic heterocycles. The Kier molecular flexibility index (Phi) is 3.19. The average molecular weight is 249 g/mol. The van der Waals surface area contributed by atoms with Gasteiger partial charge in [-0.25, -0.2) is 5.43 Å². The van der Waals surface area contributed by atoms with Crippen LogP contribution >= 0.6 is 0 Å². The SMILES string of the molecule is O=C(N/N=C/c1ccc([N+](=O)[O-])o1)c1ccco1. The van der Waals surface area contributed by atoms with E-state index < -0.39 is 16.7 Å². The van der Waals surface area contributed by atoms with Crippen LogP contribution in [-0.4, -0.2) is 17.0 Å². The first-order chi connectivity index (χ1) is 8.66. The number of carbonyl (C=O) groups excluding carboxylic acids is 1. The number of amides is 1. The molecular formula is C10H7N3O5. The summed E-state index contributed by atoms with van der Waals surface area (Å²) in [4.78, 5) is 21.0. The van der Waals surface area contributed by atoms with Gasteiger partial charge in [0, 0.05) is 0 Å². The van der Waals surface area contributed by atoms with Crippen LogP contribution in [0, 0.1) is 10.1 Å². The molecule has 1 N–H and O–H groups in total. The molecule has 0 spiro atoms. The topological polar surface area (TPSA) is 111 Å². The zero-order valence-corrected chi connectivity index (χ0v) is 8.90. The van der Waals surface area contributed by atoms with Crippen molar-refractivity contribution in [1.82, 2.24) is 5.43 Å². The number of furan rings is 2. The van der Waals surface area contributed by atoms with Crippen LogP contribution in [0.1, 0.15) is 16.3 Å². The average Bonchev–Trinajstić information content (AvgIpc) is 3.00. The van der Waals surface area contributed by atoms with E-state index >= 15 is 0 Å². The predicted octanol–water partition coefficient (Wildman–Crippen LogP) is 1.54. The van der Waals surface area contributed by atoms with Gasteiger partial charge in [-0.15, -0.1) is 0 Å². The second-order valence-corrected chi connectivity index (χ2v) is 3.11. The van der Waals surface area contributed by atoms with Gasteiger partial charge in [0.25, 0.3) is 0 Å². The molecule has 2 rings (SSSR count). The number of nitrogens with one attached hydrogen (secondary N) is 1. The van der Waals surface area contributed by atoms with Crippen molar-refractivity contribution in [2.24, 2.45) is 5.10 Å². The molecule has 0 unspecified atom stereocenters. The first kappa shape index (κ1) is 11.6. The van der Waals surface area contributed by atoms with E-state index in [1.165, 1.54) is 24.5 Å². The minimum atomic E-state index is -0.668. The first-order valence-electron chi connectivity index (χ1n) is 4.78. The van der Waals surface area contributed by atoms with Crippen molar-refractivity contribution in [2.75, 3.05) is 0 Å². The number of nitrogens with zero attached hydrogens (tertiary/aromatic N) is 2. The first-order valence-corrected chi connectivity index (χ1v) is 4.78. The van der Waals surface area contributed by atoms with Crippen molar-refractivity contribution in [3.8, 4) is 0 Å². The van der Waals surface area contributed by atoms with Gasteiger partial charge in [-0.1, -0.05) is 0 Å². The monoisotopic (exact) mass is 249 g/mol. The van der Waals surface area contributed by atoms with Crippen molar-refractivity contribution in [2.45, 2.75) is 0 Å². The van der Waals surface area contributed by atoms with E-state index in [4.69, 9.17) is 8.83 Å². The van der Waals surface area contributed by atoms with Crippen LogP contribution in [-0.2, 0) is 0 Å². The Balaban J connectivity index is 1.95. The zero-order valence-electron chi connectivity index (χ0n) is 8.90. The molecule has 18 heavy (non-hydrogen) atoms. The summed E-state index contributed by atoms with van der Waals surface area (Å²) >= 11 is 0. The van der Waals surface area contributed by atoms with E-state index in [-0.39, 0.29) is 11.5 Å². The maximum atomic E-state index is 11.4. The molecule has 0 atom stereocenters. The molecule has 0 aliphatic carbocycles. The minimum absolute atomic E-state index is 0.109. The van der Waals surface area contributed by atoms with Crippen molar-refractivity contribution < 1.29 is 18.6 Å². The van der Waals surface area contributed by atoms with E-state index in [9.17, 15) is 14.9 Å². The summed E-state index contributed by atoms with van der Waals surface area (Å²) in [7, 11) is 0. The Labute approximate surface area is 100 Å². The Morgan fingerprint density at radius 1 is 1.44 bits per heavy atom. The normalized spacial score (nSPS) is 10.7. The Hall–Kier alpha value is -2.90. The molecule has 8 nitrogen and oxygen atoms in total. The van der Waals surface area contributed by atoms with Gasteiger partial charge in [0.05, 0.1) is 18.5 Å². The van der Waals surface area contributed by atoms with Crippen molar-refractivity contribution in [1.29, 1.82) is 0 Å². The van der Waals surface area contributed by atoms with Crippen molar-refractivity contribution >= 4 is 18.0 Å². The summed E-state index contributed by atoms with van der Waals surface area (Å²) in [6.45, 7) is 0. The van der Waals surface area contributed by atoms with Crippen LogP contribution in [0.25, 0.3) is 0 Å². The summed E-state index contributed by atoms with van der Waals surface area (Å²) in [6, 6.07) is 5.59. The molecule has 0 aliphatic heterocycles. The fourth-order valence-corrected chi connectivity index (χ4v) is 1.13. The highest BCUT2D eigenvalue weighted by Gasteiger charge is 2.10. The highest BCUT2D eigenvalue weighted by molar-refractivity contribution is 5.92. The lowest BCUT2D eigenvalue weighted by Crippen LogP contribution is -2.16. The van der Waals surface area contributed by atoms with E-state index in [2.05, 4.69) is 10.5 Å². The number of hydrazone groups is 1.